The predicted molar refractivity (Wildman–Crippen MR) is 69.3 cm³/mol. The number of carbonyl (C=O) groups excluding carboxylic acids is 1. The van der Waals surface area contributed by atoms with Gasteiger partial charge in [0.2, 0.25) is 5.91 Å². The van der Waals surface area contributed by atoms with Crippen LogP contribution in [0.3, 0.4) is 0 Å². The van der Waals surface area contributed by atoms with E-state index in [9.17, 15) is 14.7 Å². The number of amides is 1. The summed E-state index contributed by atoms with van der Waals surface area (Å²) < 4.78 is 0. The van der Waals surface area contributed by atoms with Crippen LogP contribution in [0.15, 0.2) is 23.8 Å². The number of hydrogen-bond acceptors (Lipinski definition) is 2. The standard InChI is InChI=1S/C14H15NO3/c1-8(2)13(14(17)18)10-3-5-11-9(7-10)4-6-12(16)15-11/h3,5,7H,4,6H2,1-2H3,(H,15,16)(H,17,18). The highest BCUT2D eigenvalue weighted by atomic mass is 16.4. The molecule has 18 heavy (non-hydrogen) atoms. The Balaban J connectivity index is 2.46. The predicted octanol–water partition coefficient (Wildman–Crippen LogP) is 2.45. The molecule has 0 spiro atoms. The lowest BCUT2D eigenvalue weighted by molar-refractivity contribution is -0.130. The average molecular weight is 245 g/mol. The second-order valence-electron chi connectivity index (χ2n) is 4.60. The van der Waals surface area contributed by atoms with Crippen molar-refractivity contribution in [3.63, 3.8) is 0 Å². The normalized spacial score (nSPS) is 13.6. The van der Waals surface area contributed by atoms with E-state index in [1.54, 1.807) is 26.0 Å². The van der Waals surface area contributed by atoms with Crippen molar-refractivity contribution in [2.45, 2.75) is 26.7 Å². The van der Waals surface area contributed by atoms with Crippen LogP contribution >= 0.6 is 0 Å². The fourth-order valence-electron chi connectivity index (χ4n) is 2.16. The summed E-state index contributed by atoms with van der Waals surface area (Å²) in [5.74, 6) is -0.911. The van der Waals surface area contributed by atoms with E-state index in [1.807, 2.05) is 6.07 Å². The molecule has 4 nitrogen and oxygen atoms in total. The Bertz CT molecular complexity index is 554. The van der Waals surface area contributed by atoms with Crippen molar-refractivity contribution >= 4 is 23.1 Å². The molecule has 1 aliphatic rings. The van der Waals surface area contributed by atoms with Crippen LogP contribution in [-0.2, 0) is 16.0 Å². The number of nitrogens with one attached hydrogen (secondary N) is 1. The van der Waals surface area contributed by atoms with E-state index in [2.05, 4.69) is 5.32 Å². The molecule has 0 aliphatic carbocycles. The second-order valence-corrected chi connectivity index (χ2v) is 4.60. The van der Waals surface area contributed by atoms with Gasteiger partial charge >= 0.3 is 5.97 Å². The average Bonchev–Trinajstić information content (AvgIpc) is 2.28. The van der Waals surface area contributed by atoms with Gasteiger partial charge in [-0.15, -0.1) is 0 Å². The first-order valence-electron chi connectivity index (χ1n) is 5.83. The molecular formula is C14H15NO3. The molecule has 1 heterocycles. The summed E-state index contributed by atoms with van der Waals surface area (Å²) in [7, 11) is 0. The minimum Gasteiger partial charge on any atom is -0.478 e. The fourth-order valence-corrected chi connectivity index (χ4v) is 2.16. The Morgan fingerprint density at radius 3 is 2.61 bits per heavy atom. The van der Waals surface area contributed by atoms with Crippen LogP contribution in [0.25, 0.3) is 5.57 Å². The van der Waals surface area contributed by atoms with Gasteiger partial charge in [-0.25, -0.2) is 4.79 Å². The maximum absolute atomic E-state index is 11.2. The highest BCUT2D eigenvalue weighted by molar-refractivity contribution is 6.16. The van der Waals surface area contributed by atoms with Crippen molar-refractivity contribution < 1.29 is 14.7 Å². The van der Waals surface area contributed by atoms with Crippen molar-refractivity contribution in [3.05, 3.63) is 34.9 Å². The first-order valence-corrected chi connectivity index (χ1v) is 5.83. The third kappa shape index (κ3) is 2.27. The minimum atomic E-state index is -0.921. The SMILES string of the molecule is CC(C)=C(C(=O)O)c1ccc2c(c1)CCC(=O)N2. The maximum Gasteiger partial charge on any atom is 0.336 e. The molecule has 1 amide bonds. The molecular weight excluding hydrogens is 230 g/mol. The Morgan fingerprint density at radius 1 is 1.28 bits per heavy atom. The van der Waals surface area contributed by atoms with E-state index >= 15 is 0 Å². The number of carboxylic acids is 1. The van der Waals surface area contributed by atoms with Gasteiger partial charge in [0.15, 0.2) is 0 Å². The maximum atomic E-state index is 11.2. The summed E-state index contributed by atoms with van der Waals surface area (Å²) in [6.45, 7) is 3.56. The van der Waals surface area contributed by atoms with E-state index in [1.165, 1.54) is 0 Å². The highest BCUT2D eigenvalue weighted by Gasteiger charge is 2.18. The van der Waals surface area contributed by atoms with Crippen LogP contribution in [0.4, 0.5) is 5.69 Å². The molecule has 0 bridgehead atoms. The molecule has 1 aromatic carbocycles. The number of aryl methyl sites for hydroxylation is 1. The summed E-state index contributed by atoms with van der Waals surface area (Å²) >= 11 is 0. The molecule has 2 rings (SSSR count). The van der Waals surface area contributed by atoms with Crippen LogP contribution in [0.2, 0.25) is 0 Å². The van der Waals surface area contributed by atoms with Gasteiger partial charge in [-0.2, -0.15) is 0 Å². The van der Waals surface area contributed by atoms with Crippen LogP contribution in [-0.4, -0.2) is 17.0 Å². The van der Waals surface area contributed by atoms with Gasteiger partial charge in [0.05, 0.1) is 5.57 Å². The number of hydrogen-bond donors (Lipinski definition) is 2. The Kier molecular flexibility index (Phi) is 3.19. The van der Waals surface area contributed by atoms with Gasteiger partial charge in [0.25, 0.3) is 0 Å². The van der Waals surface area contributed by atoms with E-state index < -0.39 is 5.97 Å². The van der Waals surface area contributed by atoms with Crippen LogP contribution in [0, 0.1) is 0 Å². The number of rotatable bonds is 2. The summed E-state index contributed by atoms with van der Waals surface area (Å²) in [6, 6.07) is 5.36. The van der Waals surface area contributed by atoms with Gasteiger partial charge in [0.1, 0.15) is 0 Å². The smallest absolute Gasteiger partial charge is 0.336 e. The van der Waals surface area contributed by atoms with Crippen molar-refractivity contribution in [2.24, 2.45) is 0 Å². The molecule has 0 aromatic heterocycles. The van der Waals surface area contributed by atoms with Crippen LogP contribution in [0.1, 0.15) is 31.4 Å². The quantitative estimate of drug-likeness (QED) is 0.786. The highest BCUT2D eigenvalue weighted by Crippen LogP contribution is 2.28. The van der Waals surface area contributed by atoms with Gasteiger partial charge < -0.3 is 10.4 Å². The van der Waals surface area contributed by atoms with Crippen molar-refractivity contribution in [3.8, 4) is 0 Å². The number of allylic oxidation sites excluding steroid dienone is 1. The number of fused-ring (bicyclic) bond motifs is 1. The molecule has 0 atom stereocenters. The van der Waals surface area contributed by atoms with Crippen molar-refractivity contribution in [2.75, 3.05) is 5.32 Å². The number of anilines is 1. The lowest BCUT2D eigenvalue weighted by atomic mass is 9.95. The molecule has 1 aromatic rings. The monoisotopic (exact) mass is 245 g/mol. The molecule has 0 saturated carbocycles. The molecule has 0 unspecified atom stereocenters. The number of benzene rings is 1. The zero-order valence-electron chi connectivity index (χ0n) is 10.4. The first-order chi connectivity index (χ1) is 8.49. The van der Waals surface area contributed by atoms with Gasteiger partial charge in [-0.05, 0) is 43.5 Å². The molecule has 0 fully saturated rings. The Hall–Kier alpha value is -2.10. The summed E-state index contributed by atoms with van der Waals surface area (Å²) in [5.41, 5.74) is 3.56. The van der Waals surface area contributed by atoms with Gasteiger partial charge in [-0.1, -0.05) is 11.6 Å². The molecule has 0 saturated heterocycles. The number of carboxylic acid groups (broad SMARTS) is 1. The lowest BCUT2D eigenvalue weighted by Gasteiger charge is -2.18. The fraction of sp³-hybridized carbons (Fsp3) is 0.286. The summed E-state index contributed by atoms with van der Waals surface area (Å²) in [6.07, 6.45) is 1.11. The summed E-state index contributed by atoms with van der Waals surface area (Å²) in [4.78, 5) is 22.5. The molecule has 2 N–H and O–H groups in total. The van der Waals surface area contributed by atoms with Crippen molar-refractivity contribution in [1.29, 1.82) is 0 Å². The molecule has 1 aliphatic heterocycles. The van der Waals surface area contributed by atoms with E-state index in [4.69, 9.17) is 0 Å². The van der Waals surface area contributed by atoms with Crippen LogP contribution < -0.4 is 5.32 Å². The van der Waals surface area contributed by atoms with E-state index in [0.717, 1.165) is 16.8 Å². The number of aliphatic carboxylic acids is 1. The topological polar surface area (TPSA) is 66.4 Å². The van der Waals surface area contributed by atoms with Crippen molar-refractivity contribution in [1.82, 2.24) is 0 Å². The number of carbonyl (C=O) groups is 2. The largest absolute Gasteiger partial charge is 0.478 e. The van der Waals surface area contributed by atoms with Gasteiger partial charge in [0, 0.05) is 12.1 Å². The third-order valence-electron chi connectivity index (χ3n) is 3.00. The van der Waals surface area contributed by atoms with E-state index in [0.29, 0.717) is 24.0 Å². The van der Waals surface area contributed by atoms with E-state index in [-0.39, 0.29) is 5.91 Å². The zero-order valence-corrected chi connectivity index (χ0v) is 10.4. The molecule has 0 radical (unpaired) electrons. The molecule has 94 valence electrons. The Labute approximate surface area is 105 Å². The lowest BCUT2D eigenvalue weighted by Crippen LogP contribution is -2.19. The van der Waals surface area contributed by atoms with Crippen LogP contribution in [0.5, 0.6) is 0 Å². The third-order valence-corrected chi connectivity index (χ3v) is 3.00. The van der Waals surface area contributed by atoms with Gasteiger partial charge in [-0.3, -0.25) is 4.79 Å². The molecule has 4 heteroatoms. The summed E-state index contributed by atoms with van der Waals surface area (Å²) in [5, 5.41) is 12.0. The minimum absolute atomic E-state index is 0.0101. The first kappa shape index (κ1) is 12.4. The Morgan fingerprint density at radius 2 is 2.00 bits per heavy atom. The second kappa shape index (κ2) is 4.64. The zero-order chi connectivity index (χ0) is 13.3.